The van der Waals surface area contributed by atoms with E-state index in [1.54, 1.807) is 6.07 Å². The summed E-state index contributed by atoms with van der Waals surface area (Å²) in [6, 6.07) is 4.11. The Labute approximate surface area is 120 Å². The Bertz CT molecular complexity index is 454. The highest BCUT2D eigenvalue weighted by Gasteiger charge is 2.36. The molecule has 1 fully saturated rings. The SMILES string of the molecule is CC1CCC(CN)(N(C)Cc2ccc(F)c(F)c2)CC1. The smallest absolute Gasteiger partial charge is 0.159 e. The molecule has 1 aliphatic rings. The van der Waals surface area contributed by atoms with Crippen LogP contribution in [0.2, 0.25) is 0 Å². The molecule has 112 valence electrons. The number of hydrogen-bond donors (Lipinski definition) is 1. The van der Waals surface area contributed by atoms with E-state index in [0.717, 1.165) is 24.3 Å². The van der Waals surface area contributed by atoms with E-state index in [1.807, 2.05) is 7.05 Å². The number of nitrogens with zero attached hydrogens (tertiary/aromatic N) is 1. The van der Waals surface area contributed by atoms with Crippen molar-refractivity contribution in [1.82, 2.24) is 4.90 Å². The van der Waals surface area contributed by atoms with Crippen LogP contribution in [0.1, 0.15) is 38.2 Å². The van der Waals surface area contributed by atoms with Gasteiger partial charge in [0.25, 0.3) is 0 Å². The molecule has 0 saturated heterocycles. The summed E-state index contributed by atoms with van der Waals surface area (Å²) in [7, 11) is 2.03. The standard InChI is InChI=1S/C16H24F2N2/c1-12-5-7-16(11-19,8-6-12)20(2)10-13-3-4-14(17)15(18)9-13/h3-4,9,12H,5-8,10-11,19H2,1-2H3. The van der Waals surface area contributed by atoms with Gasteiger partial charge in [0.05, 0.1) is 0 Å². The topological polar surface area (TPSA) is 29.3 Å². The lowest BCUT2D eigenvalue weighted by Gasteiger charge is -2.45. The summed E-state index contributed by atoms with van der Waals surface area (Å²) in [6.45, 7) is 3.48. The van der Waals surface area contributed by atoms with Gasteiger partial charge in [-0.05, 0) is 56.3 Å². The van der Waals surface area contributed by atoms with Crippen molar-refractivity contribution in [3.05, 3.63) is 35.4 Å². The second-order valence-electron chi connectivity index (χ2n) is 6.22. The van der Waals surface area contributed by atoms with E-state index in [9.17, 15) is 8.78 Å². The Kier molecular flexibility index (Phi) is 4.76. The fourth-order valence-corrected chi connectivity index (χ4v) is 3.12. The molecule has 1 aromatic carbocycles. The first-order chi connectivity index (χ1) is 9.47. The average Bonchev–Trinajstić information content (AvgIpc) is 2.44. The lowest BCUT2D eigenvalue weighted by atomic mass is 9.76. The van der Waals surface area contributed by atoms with Gasteiger partial charge in [0.2, 0.25) is 0 Å². The zero-order chi connectivity index (χ0) is 14.8. The van der Waals surface area contributed by atoms with Crippen LogP contribution in [0.5, 0.6) is 0 Å². The van der Waals surface area contributed by atoms with Crippen molar-refractivity contribution in [2.75, 3.05) is 13.6 Å². The highest BCUT2D eigenvalue weighted by atomic mass is 19.2. The molecule has 0 bridgehead atoms. The summed E-state index contributed by atoms with van der Waals surface area (Å²) in [5, 5.41) is 0. The van der Waals surface area contributed by atoms with E-state index in [-0.39, 0.29) is 5.54 Å². The molecule has 20 heavy (non-hydrogen) atoms. The summed E-state index contributed by atoms with van der Waals surface area (Å²) in [4.78, 5) is 2.21. The van der Waals surface area contributed by atoms with Crippen LogP contribution in [0.15, 0.2) is 18.2 Å². The molecule has 0 aliphatic heterocycles. The minimum Gasteiger partial charge on any atom is -0.329 e. The highest BCUT2D eigenvalue weighted by molar-refractivity contribution is 5.18. The molecule has 0 unspecified atom stereocenters. The van der Waals surface area contributed by atoms with Crippen molar-refractivity contribution >= 4 is 0 Å². The van der Waals surface area contributed by atoms with Crippen molar-refractivity contribution < 1.29 is 8.78 Å². The quantitative estimate of drug-likeness (QED) is 0.918. The molecule has 0 amide bonds. The maximum absolute atomic E-state index is 13.3. The Hall–Kier alpha value is -1.00. The number of benzene rings is 1. The molecular weight excluding hydrogens is 258 g/mol. The largest absolute Gasteiger partial charge is 0.329 e. The molecule has 4 heteroatoms. The van der Waals surface area contributed by atoms with E-state index >= 15 is 0 Å². The summed E-state index contributed by atoms with van der Waals surface area (Å²) in [6.07, 6.45) is 4.51. The molecule has 0 aromatic heterocycles. The molecule has 0 radical (unpaired) electrons. The van der Waals surface area contributed by atoms with Crippen molar-refractivity contribution in [3.63, 3.8) is 0 Å². The van der Waals surface area contributed by atoms with Crippen molar-refractivity contribution in [2.45, 2.75) is 44.7 Å². The van der Waals surface area contributed by atoms with E-state index in [0.29, 0.717) is 13.1 Å². The molecule has 2 nitrogen and oxygen atoms in total. The van der Waals surface area contributed by atoms with Gasteiger partial charge in [-0.15, -0.1) is 0 Å². The molecule has 1 saturated carbocycles. The maximum atomic E-state index is 13.3. The van der Waals surface area contributed by atoms with Crippen molar-refractivity contribution in [3.8, 4) is 0 Å². The van der Waals surface area contributed by atoms with Crippen LogP contribution in [0.25, 0.3) is 0 Å². The molecule has 2 rings (SSSR count). The van der Waals surface area contributed by atoms with Crippen LogP contribution < -0.4 is 5.73 Å². The minimum atomic E-state index is -0.795. The van der Waals surface area contributed by atoms with Gasteiger partial charge in [-0.1, -0.05) is 13.0 Å². The van der Waals surface area contributed by atoms with Crippen LogP contribution in [0.3, 0.4) is 0 Å². The first-order valence-corrected chi connectivity index (χ1v) is 7.32. The fraction of sp³-hybridized carbons (Fsp3) is 0.625. The summed E-state index contributed by atoms with van der Waals surface area (Å²) >= 11 is 0. The number of likely N-dealkylation sites (N-methyl/N-ethyl adjacent to an activating group) is 1. The molecule has 0 heterocycles. The lowest BCUT2D eigenvalue weighted by Crippen LogP contribution is -2.53. The predicted molar refractivity (Wildman–Crippen MR) is 77.2 cm³/mol. The molecule has 1 aromatic rings. The fourth-order valence-electron chi connectivity index (χ4n) is 3.12. The van der Waals surface area contributed by atoms with Gasteiger partial charge in [-0.25, -0.2) is 8.78 Å². The van der Waals surface area contributed by atoms with Crippen LogP contribution >= 0.6 is 0 Å². The molecule has 1 aliphatic carbocycles. The zero-order valence-corrected chi connectivity index (χ0v) is 12.3. The van der Waals surface area contributed by atoms with Gasteiger partial charge in [0, 0.05) is 18.6 Å². The predicted octanol–water partition coefficient (Wildman–Crippen LogP) is 3.30. The summed E-state index contributed by atoms with van der Waals surface area (Å²) < 4.78 is 26.2. The van der Waals surface area contributed by atoms with E-state index in [2.05, 4.69) is 11.8 Å². The van der Waals surface area contributed by atoms with Gasteiger partial charge < -0.3 is 5.73 Å². The first kappa shape index (κ1) is 15.4. The number of halogens is 2. The Morgan fingerprint density at radius 2 is 1.90 bits per heavy atom. The Balaban J connectivity index is 2.09. The zero-order valence-electron chi connectivity index (χ0n) is 12.3. The number of rotatable bonds is 4. The molecule has 0 spiro atoms. The van der Waals surface area contributed by atoms with E-state index < -0.39 is 11.6 Å². The van der Waals surface area contributed by atoms with Crippen molar-refractivity contribution in [2.24, 2.45) is 11.7 Å². The van der Waals surface area contributed by atoms with Gasteiger partial charge >= 0.3 is 0 Å². The lowest BCUT2D eigenvalue weighted by molar-refractivity contribution is 0.0615. The van der Waals surface area contributed by atoms with Gasteiger partial charge in [0.15, 0.2) is 11.6 Å². The number of nitrogens with two attached hydrogens (primary N) is 1. The summed E-state index contributed by atoms with van der Waals surface area (Å²) in [5.41, 5.74) is 6.80. The van der Waals surface area contributed by atoms with Gasteiger partial charge in [-0.2, -0.15) is 0 Å². The second kappa shape index (κ2) is 6.19. The minimum absolute atomic E-state index is 0.00261. The third kappa shape index (κ3) is 3.18. The monoisotopic (exact) mass is 282 g/mol. The van der Waals surface area contributed by atoms with E-state index in [4.69, 9.17) is 5.73 Å². The molecule has 0 atom stereocenters. The van der Waals surface area contributed by atoms with Gasteiger partial charge in [0.1, 0.15) is 0 Å². The third-order valence-electron chi connectivity index (χ3n) is 4.80. The number of hydrogen-bond acceptors (Lipinski definition) is 2. The van der Waals surface area contributed by atoms with Crippen LogP contribution in [0, 0.1) is 17.6 Å². The highest BCUT2D eigenvalue weighted by Crippen LogP contribution is 2.35. The van der Waals surface area contributed by atoms with Crippen molar-refractivity contribution in [1.29, 1.82) is 0 Å². The van der Waals surface area contributed by atoms with Crippen LogP contribution in [-0.4, -0.2) is 24.0 Å². The Morgan fingerprint density at radius 3 is 2.45 bits per heavy atom. The van der Waals surface area contributed by atoms with E-state index in [1.165, 1.54) is 25.0 Å². The normalized spacial score (nSPS) is 27.0. The third-order valence-corrected chi connectivity index (χ3v) is 4.80. The molecule has 2 N–H and O–H groups in total. The van der Waals surface area contributed by atoms with Crippen LogP contribution in [0.4, 0.5) is 8.78 Å². The Morgan fingerprint density at radius 1 is 1.25 bits per heavy atom. The second-order valence-corrected chi connectivity index (χ2v) is 6.22. The maximum Gasteiger partial charge on any atom is 0.159 e. The average molecular weight is 282 g/mol. The first-order valence-electron chi connectivity index (χ1n) is 7.32. The van der Waals surface area contributed by atoms with Gasteiger partial charge in [-0.3, -0.25) is 4.90 Å². The summed E-state index contributed by atoms with van der Waals surface area (Å²) in [5.74, 6) is -0.822. The van der Waals surface area contributed by atoms with Crippen LogP contribution in [-0.2, 0) is 6.54 Å². The molecular formula is C16H24F2N2.